The summed E-state index contributed by atoms with van der Waals surface area (Å²) in [6, 6.07) is 1.16. The number of hydrogen-bond donors (Lipinski definition) is 0. The zero-order chi connectivity index (χ0) is 14.5. The topological polar surface area (TPSA) is 62.7 Å². The molecular weight excluding hydrogens is 272 g/mol. The molecule has 3 rings (SSSR count). The first-order valence-electron chi connectivity index (χ1n) is 5.96. The van der Waals surface area contributed by atoms with Crippen molar-refractivity contribution in [1.29, 1.82) is 0 Å². The summed E-state index contributed by atoms with van der Waals surface area (Å²) in [6.07, 6.45) is 0.805. The van der Waals surface area contributed by atoms with E-state index in [1.165, 1.54) is 25.4 Å². The molecule has 1 atom stereocenters. The number of methoxy groups -OCH3 is 1. The second-order valence-electron chi connectivity index (χ2n) is 4.69. The van der Waals surface area contributed by atoms with Crippen LogP contribution in [0.3, 0.4) is 0 Å². The number of aromatic nitrogens is 1. The maximum atomic E-state index is 13.3. The van der Waals surface area contributed by atoms with Crippen LogP contribution in [0, 0.1) is 0 Å². The number of imide groups is 1. The van der Waals surface area contributed by atoms with E-state index in [0.29, 0.717) is 0 Å². The Balaban J connectivity index is 1.98. The highest BCUT2D eigenvalue weighted by molar-refractivity contribution is 6.22. The Morgan fingerprint density at radius 3 is 2.85 bits per heavy atom. The number of nitrogens with zero attached hydrogens (tertiary/aromatic N) is 3. The van der Waals surface area contributed by atoms with E-state index in [4.69, 9.17) is 4.74 Å². The molecule has 8 heteroatoms. The molecule has 6 nitrogen and oxygen atoms in total. The van der Waals surface area contributed by atoms with Crippen molar-refractivity contribution in [2.75, 3.05) is 18.6 Å². The number of carbonyl (C=O) groups is 2. The Hall–Kier alpha value is -2.25. The van der Waals surface area contributed by atoms with Crippen LogP contribution in [0.15, 0.2) is 18.3 Å². The summed E-state index contributed by atoms with van der Waals surface area (Å²) in [5.74, 6) is -3.58. The zero-order valence-electron chi connectivity index (χ0n) is 10.5. The average Bonchev–Trinajstić information content (AvgIpc) is 2.84. The highest BCUT2D eigenvalue weighted by atomic mass is 19.3. The zero-order valence-corrected chi connectivity index (χ0v) is 10.5. The molecule has 0 aliphatic carbocycles. The minimum Gasteiger partial charge on any atom is -0.479 e. The molecule has 3 amide bonds. The minimum absolute atomic E-state index is 0.0992. The number of carbonyl (C=O) groups excluding carboxylic acids is 2. The molecule has 2 fully saturated rings. The van der Waals surface area contributed by atoms with Crippen LogP contribution >= 0.6 is 0 Å². The van der Waals surface area contributed by atoms with Crippen LogP contribution in [-0.2, 0) is 4.79 Å². The molecule has 1 aromatic rings. The number of halogens is 2. The van der Waals surface area contributed by atoms with E-state index in [0.717, 1.165) is 9.80 Å². The van der Waals surface area contributed by atoms with Crippen LogP contribution < -0.4 is 9.64 Å². The number of anilines is 1. The number of ether oxygens (including phenoxy) is 1. The maximum absolute atomic E-state index is 13.3. The molecule has 0 saturated carbocycles. The molecule has 20 heavy (non-hydrogen) atoms. The Morgan fingerprint density at radius 1 is 1.45 bits per heavy atom. The molecule has 0 unspecified atom stereocenters. The number of hydrogen-bond acceptors (Lipinski definition) is 4. The predicted molar refractivity (Wildman–Crippen MR) is 63.7 cm³/mol. The number of amides is 3. The van der Waals surface area contributed by atoms with E-state index in [-0.39, 0.29) is 11.6 Å². The number of fused-ring (bicyclic) bond motifs is 1. The van der Waals surface area contributed by atoms with Crippen LogP contribution in [-0.4, -0.2) is 47.4 Å². The lowest BCUT2D eigenvalue weighted by Crippen LogP contribution is -2.36. The van der Waals surface area contributed by atoms with E-state index < -0.39 is 36.9 Å². The second-order valence-corrected chi connectivity index (χ2v) is 4.69. The van der Waals surface area contributed by atoms with Crippen molar-refractivity contribution in [2.24, 2.45) is 0 Å². The van der Waals surface area contributed by atoms with Crippen molar-refractivity contribution < 1.29 is 23.1 Å². The van der Waals surface area contributed by atoms with E-state index >= 15 is 0 Å². The second kappa shape index (κ2) is 4.12. The minimum atomic E-state index is -3.01. The van der Waals surface area contributed by atoms with E-state index in [1.807, 2.05) is 0 Å². The first kappa shape index (κ1) is 12.8. The molecule has 2 aliphatic rings. The van der Waals surface area contributed by atoms with Crippen molar-refractivity contribution in [3.05, 3.63) is 18.3 Å². The summed E-state index contributed by atoms with van der Waals surface area (Å²) < 4.78 is 31.6. The standard InChI is InChI=1S/C12H11F2N3O3/c1-20-9-7(3-2-4-15-9)17-10(18)8-5-12(13,14)6-16(8)11(17)19/h2-4,8H,5-6H2,1H3/t8-/m0/s1. The Labute approximate surface area is 112 Å². The smallest absolute Gasteiger partial charge is 0.332 e. The van der Waals surface area contributed by atoms with Crippen LogP contribution in [0.2, 0.25) is 0 Å². The first-order chi connectivity index (χ1) is 9.44. The van der Waals surface area contributed by atoms with Gasteiger partial charge in [-0.05, 0) is 12.1 Å². The number of rotatable bonds is 2. The van der Waals surface area contributed by atoms with Gasteiger partial charge >= 0.3 is 6.03 Å². The summed E-state index contributed by atoms with van der Waals surface area (Å²) in [7, 11) is 1.35. The monoisotopic (exact) mass is 283 g/mol. The van der Waals surface area contributed by atoms with Crippen molar-refractivity contribution in [2.45, 2.75) is 18.4 Å². The normalized spacial score (nSPS) is 24.2. The predicted octanol–water partition coefficient (Wildman–Crippen LogP) is 1.27. The molecule has 0 spiro atoms. The van der Waals surface area contributed by atoms with Gasteiger partial charge in [-0.1, -0.05) is 0 Å². The van der Waals surface area contributed by atoms with Gasteiger partial charge in [0, 0.05) is 12.6 Å². The van der Waals surface area contributed by atoms with Crippen LogP contribution in [0.4, 0.5) is 19.3 Å². The summed E-state index contributed by atoms with van der Waals surface area (Å²) in [5, 5.41) is 0. The van der Waals surface area contributed by atoms with Gasteiger partial charge in [0.05, 0.1) is 13.7 Å². The van der Waals surface area contributed by atoms with Crippen molar-refractivity contribution in [1.82, 2.24) is 9.88 Å². The molecule has 0 radical (unpaired) electrons. The van der Waals surface area contributed by atoms with Gasteiger partial charge in [0.2, 0.25) is 5.88 Å². The van der Waals surface area contributed by atoms with Gasteiger partial charge in [-0.2, -0.15) is 0 Å². The van der Waals surface area contributed by atoms with Gasteiger partial charge in [0.1, 0.15) is 11.7 Å². The molecule has 0 bridgehead atoms. The third-order valence-electron chi connectivity index (χ3n) is 3.40. The molecule has 0 N–H and O–H groups in total. The molecule has 106 valence electrons. The summed E-state index contributed by atoms with van der Waals surface area (Å²) in [6.45, 7) is -0.735. The lowest BCUT2D eigenvalue weighted by Gasteiger charge is -2.18. The average molecular weight is 283 g/mol. The van der Waals surface area contributed by atoms with Crippen molar-refractivity contribution in [3.8, 4) is 5.88 Å². The van der Waals surface area contributed by atoms with Crippen LogP contribution in [0.5, 0.6) is 5.88 Å². The SMILES string of the molecule is COc1ncccc1N1C(=O)[C@@H]2CC(F)(F)CN2C1=O. The highest BCUT2D eigenvalue weighted by Crippen LogP contribution is 2.40. The van der Waals surface area contributed by atoms with Gasteiger partial charge in [0.25, 0.3) is 11.8 Å². The lowest BCUT2D eigenvalue weighted by atomic mass is 10.2. The lowest BCUT2D eigenvalue weighted by molar-refractivity contribution is -0.119. The fraction of sp³-hybridized carbons (Fsp3) is 0.417. The van der Waals surface area contributed by atoms with Gasteiger partial charge in [-0.25, -0.2) is 23.5 Å². The number of alkyl halides is 2. The van der Waals surface area contributed by atoms with Crippen LogP contribution in [0.25, 0.3) is 0 Å². The molecular formula is C12H11F2N3O3. The van der Waals surface area contributed by atoms with Gasteiger partial charge in [0.15, 0.2) is 0 Å². The maximum Gasteiger partial charge on any atom is 0.332 e. The Morgan fingerprint density at radius 2 is 2.20 bits per heavy atom. The van der Waals surface area contributed by atoms with Crippen molar-refractivity contribution >= 4 is 17.6 Å². The third-order valence-corrected chi connectivity index (χ3v) is 3.40. The third kappa shape index (κ3) is 1.71. The first-order valence-corrected chi connectivity index (χ1v) is 5.96. The molecule has 1 aromatic heterocycles. The molecule has 3 heterocycles. The van der Waals surface area contributed by atoms with E-state index in [9.17, 15) is 18.4 Å². The van der Waals surface area contributed by atoms with Crippen LogP contribution in [0.1, 0.15) is 6.42 Å². The Bertz CT molecular complexity index is 567. The van der Waals surface area contributed by atoms with E-state index in [2.05, 4.69) is 4.98 Å². The van der Waals surface area contributed by atoms with E-state index in [1.54, 1.807) is 0 Å². The Kier molecular flexibility index (Phi) is 2.63. The number of urea groups is 1. The largest absolute Gasteiger partial charge is 0.479 e. The summed E-state index contributed by atoms with van der Waals surface area (Å²) in [4.78, 5) is 30.0. The molecule has 2 saturated heterocycles. The van der Waals surface area contributed by atoms with Gasteiger partial charge < -0.3 is 9.64 Å². The highest BCUT2D eigenvalue weighted by Gasteiger charge is 2.58. The summed E-state index contributed by atoms with van der Waals surface area (Å²) >= 11 is 0. The summed E-state index contributed by atoms with van der Waals surface area (Å²) in [5.41, 5.74) is 0.169. The van der Waals surface area contributed by atoms with Gasteiger partial charge in [-0.3, -0.25) is 4.79 Å². The van der Waals surface area contributed by atoms with Gasteiger partial charge in [-0.15, -0.1) is 0 Å². The molecule has 2 aliphatic heterocycles. The van der Waals surface area contributed by atoms with Crippen molar-refractivity contribution in [3.63, 3.8) is 0 Å². The molecule has 0 aromatic carbocycles. The fourth-order valence-corrected chi connectivity index (χ4v) is 2.54. The number of pyridine rings is 1. The fourth-order valence-electron chi connectivity index (χ4n) is 2.54. The quantitative estimate of drug-likeness (QED) is 0.767.